The van der Waals surface area contributed by atoms with Crippen molar-refractivity contribution in [1.29, 1.82) is 0 Å². The fraction of sp³-hybridized carbons (Fsp3) is 0.0222. The molecule has 0 spiro atoms. The van der Waals surface area contributed by atoms with Gasteiger partial charge in [-0.05, 0) is 107 Å². The van der Waals surface area contributed by atoms with Crippen LogP contribution in [0.5, 0.6) is 0 Å². The molecule has 220 valence electrons. The average Bonchev–Trinajstić information content (AvgIpc) is 3.13. The van der Waals surface area contributed by atoms with Crippen LogP contribution in [0.15, 0.2) is 164 Å². The molecule has 9 aromatic rings. The molecule has 0 saturated heterocycles. The first-order valence-electron chi connectivity index (χ1n) is 16.1. The molecule has 0 saturated carbocycles. The molecule has 0 aliphatic carbocycles. The Kier molecular flexibility index (Phi) is 6.39. The Bertz CT molecular complexity index is 2620. The maximum absolute atomic E-state index is 4.39. The van der Waals surface area contributed by atoms with Gasteiger partial charge in [0.25, 0.3) is 0 Å². The highest BCUT2D eigenvalue weighted by Crippen LogP contribution is 2.45. The Morgan fingerprint density at radius 1 is 0.319 bits per heavy atom. The van der Waals surface area contributed by atoms with E-state index in [0.717, 1.165) is 17.0 Å². The van der Waals surface area contributed by atoms with E-state index >= 15 is 0 Å². The van der Waals surface area contributed by atoms with Crippen LogP contribution in [0, 0.1) is 6.92 Å². The second-order valence-corrected chi connectivity index (χ2v) is 12.3. The van der Waals surface area contributed by atoms with E-state index in [4.69, 9.17) is 0 Å². The van der Waals surface area contributed by atoms with E-state index < -0.39 is 0 Å². The Hall–Kier alpha value is -6.12. The third-order valence-electron chi connectivity index (χ3n) is 9.43. The Balaban J connectivity index is 1.31. The Morgan fingerprint density at radius 2 is 0.745 bits per heavy atom. The van der Waals surface area contributed by atoms with Crippen LogP contribution < -0.4 is 0 Å². The van der Waals surface area contributed by atoms with Crippen molar-refractivity contribution in [3.8, 4) is 44.5 Å². The zero-order chi connectivity index (χ0) is 31.3. The summed E-state index contributed by atoms with van der Waals surface area (Å²) in [6.07, 6.45) is 3.78. The van der Waals surface area contributed by atoms with Gasteiger partial charge in [-0.15, -0.1) is 0 Å². The molecule has 1 heterocycles. The standard InChI is InChI=1S/C45H30N2/c1-29-46-27-39(28-47-29)33-16-14-32(15-17-33)36-22-23-42-43(26-36)45(38-21-19-31-9-3-5-11-35(31)25-38)41-13-7-6-12-40(41)44(42)37-20-18-30-8-2-4-10-34(30)24-37/h2-28H,1H3. The second kappa shape index (κ2) is 11.0. The first kappa shape index (κ1) is 27.2. The summed E-state index contributed by atoms with van der Waals surface area (Å²) in [5, 5.41) is 10.00. The zero-order valence-electron chi connectivity index (χ0n) is 26.0. The van der Waals surface area contributed by atoms with Gasteiger partial charge >= 0.3 is 0 Å². The molecule has 0 atom stereocenters. The van der Waals surface area contributed by atoms with E-state index in [0.29, 0.717) is 0 Å². The SMILES string of the molecule is Cc1ncc(-c2ccc(-c3ccc4c(-c5ccc6ccccc6c5)c5ccccc5c(-c5ccc6ccccc6c5)c4c3)cc2)cn1. The largest absolute Gasteiger partial charge is 0.241 e. The van der Waals surface area contributed by atoms with Crippen molar-refractivity contribution in [3.63, 3.8) is 0 Å². The van der Waals surface area contributed by atoms with Gasteiger partial charge in [0.15, 0.2) is 0 Å². The van der Waals surface area contributed by atoms with Gasteiger partial charge < -0.3 is 0 Å². The fourth-order valence-electron chi connectivity index (χ4n) is 7.07. The average molecular weight is 599 g/mol. The van der Waals surface area contributed by atoms with E-state index in [2.05, 4.69) is 162 Å². The van der Waals surface area contributed by atoms with Crippen LogP contribution in [-0.4, -0.2) is 9.97 Å². The van der Waals surface area contributed by atoms with Crippen molar-refractivity contribution in [2.45, 2.75) is 6.92 Å². The molecule has 0 bridgehead atoms. The van der Waals surface area contributed by atoms with Crippen LogP contribution in [0.1, 0.15) is 5.82 Å². The summed E-state index contributed by atoms with van der Waals surface area (Å²) < 4.78 is 0. The summed E-state index contributed by atoms with van der Waals surface area (Å²) >= 11 is 0. The molecular formula is C45H30N2. The maximum Gasteiger partial charge on any atom is 0.125 e. The minimum absolute atomic E-state index is 0.777. The Morgan fingerprint density at radius 3 is 1.32 bits per heavy atom. The highest BCUT2D eigenvalue weighted by molar-refractivity contribution is 6.22. The van der Waals surface area contributed by atoms with Crippen molar-refractivity contribution in [3.05, 3.63) is 170 Å². The van der Waals surface area contributed by atoms with E-state index in [-0.39, 0.29) is 0 Å². The third-order valence-corrected chi connectivity index (χ3v) is 9.43. The fourth-order valence-corrected chi connectivity index (χ4v) is 7.07. The van der Waals surface area contributed by atoms with Crippen molar-refractivity contribution in [2.24, 2.45) is 0 Å². The quantitative estimate of drug-likeness (QED) is 0.188. The van der Waals surface area contributed by atoms with Crippen molar-refractivity contribution in [1.82, 2.24) is 9.97 Å². The summed E-state index contributed by atoms with van der Waals surface area (Å²) in [5.74, 6) is 0.777. The maximum atomic E-state index is 4.39. The molecular weight excluding hydrogens is 569 g/mol. The third kappa shape index (κ3) is 4.74. The van der Waals surface area contributed by atoms with Crippen molar-refractivity contribution in [2.75, 3.05) is 0 Å². The summed E-state index contributed by atoms with van der Waals surface area (Å²) in [5.41, 5.74) is 9.48. The lowest BCUT2D eigenvalue weighted by Crippen LogP contribution is -1.92. The number of hydrogen-bond acceptors (Lipinski definition) is 2. The molecule has 1 aromatic heterocycles. The minimum atomic E-state index is 0.777. The number of fused-ring (bicyclic) bond motifs is 4. The number of rotatable bonds is 4. The molecule has 47 heavy (non-hydrogen) atoms. The summed E-state index contributed by atoms with van der Waals surface area (Å²) in [6, 6.07) is 55.6. The van der Waals surface area contributed by atoms with Crippen LogP contribution in [-0.2, 0) is 0 Å². The summed E-state index contributed by atoms with van der Waals surface area (Å²) in [4.78, 5) is 8.78. The molecule has 0 unspecified atom stereocenters. The monoisotopic (exact) mass is 598 g/mol. The molecule has 8 aromatic carbocycles. The van der Waals surface area contributed by atoms with Crippen LogP contribution >= 0.6 is 0 Å². The molecule has 0 N–H and O–H groups in total. The molecule has 0 aliphatic heterocycles. The summed E-state index contributed by atoms with van der Waals surface area (Å²) in [6.45, 7) is 1.91. The number of nitrogens with zero attached hydrogens (tertiary/aromatic N) is 2. The molecule has 2 heteroatoms. The smallest absolute Gasteiger partial charge is 0.125 e. The first-order valence-corrected chi connectivity index (χ1v) is 16.1. The molecule has 0 aliphatic rings. The minimum Gasteiger partial charge on any atom is -0.241 e. The lowest BCUT2D eigenvalue weighted by atomic mass is 9.84. The number of benzene rings is 8. The van der Waals surface area contributed by atoms with Gasteiger partial charge in [-0.3, -0.25) is 0 Å². The topological polar surface area (TPSA) is 25.8 Å². The van der Waals surface area contributed by atoms with Crippen LogP contribution in [0.3, 0.4) is 0 Å². The van der Waals surface area contributed by atoms with Gasteiger partial charge in [0.1, 0.15) is 5.82 Å². The molecule has 0 amide bonds. The van der Waals surface area contributed by atoms with E-state index in [1.54, 1.807) is 0 Å². The molecule has 9 rings (SSSR count). The number of aromatic nitrogens is 2. The van der Waals surface area contributed by atoms with Gasteiger partial charge in [0.05, 0.1) is 0 Å². The highest BCUT2D eigenvalue weighted by Gasteiger charge is 2.18. The second-order valence-electron chi connectivity index (χ2n) is 12.3. The lowest BCUT2D eigenvalue weighted by molar-refractivity contribution is 1.06. The van der Waals surface area contributed by atoms with Gasteiger partial charge in [-0.25, -0.2) is 9.97 Å². The van der Waals surface area contributed by atoms with Gasteiger partial charge in [0.2, 0.25) is 0 Å². The zero-order valence-corrected chi connectivity index (χ0v) is 26.0. The van der Waals surface area contributed by atoms with Gasteiger partial charge in [-0.1, -0.05) is 133 Å². The van der Waals surface area contributed by atoms with Crippen LogP contribution in [0.4, 0.5) is 0 Å². The van der Waals surface area contributed by atoms with Gasteiger partial charge in [-0.2, -0.15) is 0 Å². The van der Waals surface area contributed by atoms with Crippen LogP contribution in [0.25, 0.3) is 87.6 Å². The van der Waals surface area contributed by atoms with E-state index in [9.17, 15) is 0 Å². The predicted octanol–water partition coefficient (Wildman–Crippen LogP) is 12.1. The number of aryl methyl sites for hydroxylation is 1. The van der Waals surface area contributed by atoms with Crippen LogP contribution in [0.2, 0.25) is 0 Å². The van der Waals surface area contributed by atoms with Crippen molar-refractivity contribution >= 4 is 43.1 Å². The van der Waals surface area contributed by atoms with Gasteiger partial charge in [0, 0.05) is 18.0 Å². The Labute approximate surface area is 273 Å². The van der Waals surface area contributed by atoms with E-state index in [1.165, 1.54) is 76.5 Å². The molecule has 0 radical (unpaired) electrons. The van der Waals surface area contributed by atoms with E-state index in [1.807, 2.05) is 19.3 Å². The van der Waals surface area contributed by atoms with Crippen molar-refractivity contribution < 1.29 is 0 Å². The lowest BCUT2D eigenvalue weighted by Gasteiger charge is -2.19. The predicted molar refractivity (Wildman–Crippen MR) is 199 cm³/mol. The normalized spacial score (nSPS) is 11.5. The summed E-state index contributed by atoms with van der Waals surface area (Å²) in [7, 11) is 0. The number of hydrogen-bond donors (Lipinski definition) is 0. The molecule has 0 fully saturated rings. The first-order chi connectivity index (χ1) is 23.2. The molecule has 2 nitrogen and oxygen atoms in total. The highest BCUT2D eigenvalue weighted by atomic mass is 14.8.